The summed E-state index contributed by atoms with van der Waals surface area (Å²) >= 11 is 0. The number of nitriles is 1. The van der Waals surface area contributed by atoms with Crippen LogP contribution >= 0.6 is 0 Å². The molecule has 1 rings (SSSR count). The average molecular weight is 220 g/mol. The van der Waals surface area contributed by atoms with Crippen LogP contribution in [0.15, 0.2) is 18.2 Å². The summed E-state index contributed by atoms with van der Waals surface area (Å²) < 4.78 is 5.35. The number of hydrogen-bond acceptors (Lipinski definition) is 4. The highest BCUT2D eigenvalue weighted by Crippen LogP contribution is 2.23. The highest BCUT2D eigenvalue weighted by molar-refractivity contribution is 5.52. The minimum atomic E-state index is -0.575. The van der Waals surface area contributed by atoms with E-state index in [9.17, 15) is 10.1 Å². The summed E-state index contributed by atoms with van der Waals surface area (Å²) in [6.07, 6.45) is 1.93. The number of rotatable bonds is 5. The molecule has 0 aliphatic carbocycles. The number of nitro groups is 1. The second-order valence-electron chi connectivity index (χ2n) is 3.25. The van der Waals surface area contributed by atoms with Crippen molar-refractivity contribution in [3.63, 3.8) is 0 Å². The zero-order chi connectivity index (χ0) is 12.0. The summed E-state index contributed by atoms with van der Waals surface area (Å²) in [7, 11) is 0. The summed E-state index contributed by atoms with van der Waals surface area (Å²) in [4.78, 5) is 9.99. The first-order chi connectivity index (χ1) is 7.69. The molecule has 0 heterocycles. The van der Waals surface area contributed by atoms with Gasteiger partial charge in [-0.15, -0.1) is 0 Å². The molecule has 0 aliphatic rings. The quantitative estimate of drug-likeness (QED) is 0.434. The molecule has 0 aromatic heterocycles. The van der Waals surface area contributed by atoms with Crippen LogP contribution in [-0.4, -0.2) is 11.5 Å². The molecule has 0 aliphatic heterocycles. The number of benzene rings is 1. The van der Waals surface area contributed by atoms with Gasteiger partial charge in [0.25, 0.3) is 5.69 Å². The molecular weight excluding hydrogens is 208 g/mol. The molecule has 0 saturated carbocycles. The van der Waals surface area contributed by atoms with Crippen LogP contribution in [0.25, 0.3) is 0 Å². The Labute approximate surface area is 93.4 Å². The Morgan fingerprint density at radius 3 is 2.88 bits per heavy atom. The molecule has 0 spiro atoms. The molecule has 0 N–H and O–H groups in total. The molecule has 5 heteroatoms. The summed E-state index contributed by atoms with van der Waals surface area (Å²) in [6.45, 7) is 2.60. The van der Waals surface area contributed by atoms with Gasteiger partial charge in [0.1, 0.15) is 17.4 Å². The monoisotopic (exact) mass is 220 g/mol. The van der Waals surface area contributed by atoms with E-state index in [0.29, 0.717) is 12.4 Å². The Morgan fingerprint density at radius 2 is 2.31 bits per heavy atom. The van der Waals surface area contributed by atoms with E-state index in [1.807, 2.05) is 6.92 Å². The molecule has 0 bridgehead atoms. The smallest absolute Gasteiger partial charge is 0.287 e. The van der Waals surface area contributed by atoms with Crippen molar-refractivity contribution in [2.45, 2.75) is 19.8 Å². The van der Waals surface area contributed by atoms with Crippen LogP contribution in [0.3, 0.4) is 0 Å². The third-order valence-corrected chi connectivity index (χ3v) is 2.05. The molecule has 0 saturated heterocycles. The third kappa shape index (κ3) is 2.95. The van der Waals surface area contributed by atoms with Crippen molar-refractivity contribution in [2.75, 3.05) is 6.61 Å². The van der Waals surface area contributed by atoms with Gasteiger partial charge in [0.05, 0.1) is 11.5 Å². The molecule has 0 unspecified atom stereocenters. The van der Waals surface area contributed by atoms with Gasteiger partial charge >= 0.3 is 0 Å². The molecule has 16 heavy (non-hydrogen) atoms. The van der Waals surface area contributed by atoms with Gasteiger partial charge < -0.3 is 4.74 Å². The maximum Gasteiger partial charge on any atom is 0.287 e. The Morgan fingerprint density at radius 1 is 1.56 bits per heavy atom. The number of ether oxygens (including phenoxy) is 1. The number of hydrogen-bond donors (Lipinski definition) is 0. The van der Waals surface area contributed by atoms with Crippen molar-refractivity contribution >= 4 is 5.69 Å². The third-order valence-electron chi connectivity index (χ3n) is 2.05. The van der Waals surface area contributed by atoms with E-state index in [0.717, 1.165) is 12.8 Å². The van der Waals surface area contributed by atoms with Crippen molar-refractivity contribution in [3.05, 3.63) is 33.9 Å². The summed E-state index contributed by atoms with van der Waals surface area (Å²) in [6, 6.07) is 5.98. The van der Waals surface area contributed by atoms with Gasteiger partial charge in [-0.25, -0.2) is 0 Å². The van der Waals surface area contributed by atoms with Gasteiger partial charge in [-0.2, -0.15) is 5.26 Å². The minimum Gasteiger partial charge on any atom is -0.494 e. The van der Waals surface area contributed by atoms with Crippen molar-refractivity contribution in [2.24, 2.45) is 0 Å². The predicted octanol–water partition coefficient (Wildman–Crippen LogP) is 2.65. The Kier molecular flexibility index (Phi) is 4.28. The van der Waals surface area contributed by atoms with E-state index in [-0.39, 0.29) is 11.3 Å². The summed E-state index contributed by atoms with van der Waals surface area (Å²) in [5.74, 6) is 0.496. The van der Waals surface area contributed by atoms with Crippen LogP contribution in [0.4, 0.5) is 5.69 Å². The van der Waals surface area contributed by atoms with Crippen LogP contribution in [0.2, 0.25) is 0 Å². The van der Waals surface area contributed by atoms with Gasteiger partial charge in [0.2, 0.25) is 0 Å². The Balaban J connectivity index is 2.84. The lowest BCUT2D eigenvalue weighted by Gasteiger charge is -2.05. The van der Waals surface area contributed by atoms with Crippen LogP contribution in [0.1, 0.15) is 25.3 Å². The first-order valence-corrected chi connectivity index (χ1v) is 5.00. The maximum absolute atomic E-state index is 10.6. The molecule has 0 amide bonds. The highest BCUT2D eigenvalue weighted by atomic mass is 16.6. The van der Waals surface area contributed by atoms with E-state index in [2.05, 4.69) is 0 Å². The highest BCUT2D eigenvalue weighted by Gasteiger charge is 2.13. The van der Waals surface area contributed by atoms with Crippen molar-refractivity contribution in [3.8, 4) is 11.8 Å². The molecule has 0 atom stereocenters. The van der Waals surface area contributed by atoms with Crippen LogP contribution in [0, 0.1) is 21.4 Å². The van der Waals surface area contributed by atoms with Gasteiger partial charge in [-0.3, -0.25) is 10.1 Å². The molecule has 1 aromatic carbocycles. The standard InChI is InChI=1S/C11H12N2O3/c1-2-3-6-16-10-4-5-11(13(14)15)9(7-10)8-12/h4-5,7H,2-3,6H2,1H3. The van der Waals surface area contributed by atoms with E-state index in [1.54, 1.807) is 6.07 Å². The molecule has 84 valence electrons. The minimum absolute atomic E-state index is 0.0269. The first-order valence-electron chi connectivity index (χ1n) is 5.00. The lowest BCUT2D eigenvalue weighted by molar-refractivity contribution is -0.385. The Bertz CT molecular complexity index is 424. The average Bonchev–Trinajstić information content (AvgIpc) is 2.29. The van der Waals surface area contributed by atoms with Crippen LogP contribution in [0.5, 0.6) is 5.75 Å². The zero-order valence-electron chi connectivity index (χ0n) is 8.97. The van der Waals surface area contributed by atoms with E-state index in [1.165, 1.54) is 18.2 Å². The topological polar surface area (TPSA) is 76.2 Å². The van der Waals surface area contributed by atoms with Crippen molar-refractivity contribution in [1.29, 1.82) is 5.26 Å². The normalized spacial score (nSPS) is 9.50. The predicted molar refractivity (Wildman–Crippen MR) is 58.2 cm³/mol. The van der Waals surface area contributed by atoms with Gasteiger partial charge in [0.15, 0.2) is 0 Å². The largest absolute Gasteiger partial charge is 0.494 e. The van der Waals surface area contributed by atoms with E-state index < -0.39 is 4.92 Å². The maximum atomic E-state index is 10.6. The fourth-order valence-corrected chi connectivity index (χ4v) is 1.19. The lowest BCUT2D eigenvalue weighted by atomic mass is 10.2. The molecule has 1 aromatic rings. The second kappa shape index (κ2) is 5.71. The molecular formula is C11H12N2O3. The van der Waals surface area contributed by atoms with Crippen LogP contribution < -0.4 is 4.74 Å². The number of nitro benzene ring substituents is 1. The lowest BCUT2D eigenvalue weighted by Crippen LogP contribution is -1.98. The van der Waals surface area contributed by atoms with Crippen LogP contribution in [-0.2, 0) is 0 Å². The first kappa shape index (κ1) is 12.0. The summed E-state index contributed by atoms with van der Waals surface area (Å²) in [5.41, 5.74) is -0.163. The van der Waals surface area contributed by atoms with Crippen molar-refractivity contribution in [1.82, 2.24) is 0 Å². The second-order valence-corrected chi connectivity index (χ2v) is 3.25. The Hall–Kier alpha value is -2.09. The fraction of sp³-hybridized carbons (Fsp3) is 0.364. The zero-order valence-corrected chi connectivity index (χ0v) is 8.97. The summed E-state index contributed by atoms with van der Waals surface area (Å²) in [5, 5.41) is 19.3. The van der Waals surface area contributed by atoms with Crippen molar-refractivity contribution < 1.29 is 9.66 Å². The molecule has 0 fully saturated rings. The van der Waals surface area contributed by atoms with E-state index in [4.69, 9.17) is 10.00 Å². The number of nitrogens with zero attached hydrogens (tertiary/aromatic N) is 2. The van der Waals surface area contributed by atoms with E-state index >= 15 is 0 Å². The SMILES string of the molecule is CCCCOc1ccc([N+](=O)[O-])c(C#N)c1. The fourth-order valence-electron chi connectivity index (χ4n) is 1.19. The molecule has 5 nitrogen and oxygen atoms in total. The van der Waals surface area contributed by atoms with Gasteiger partial charge in [-0.05, 0) is 12.5 Å². The number of unbranched alkanes of at least 4 members (excludes halogenated alkanes) is 1. The van der Waals surface area contributed by atoms with Gasteiger partial charge in [-0.1, -0.05) is 13.3 Å². The van der Waals surface area contributed by atoms with Gasteiger partial charge in [0, 0.05) is 12.1 Å². The molecule has 0 radical (unpaired) electrons.